The van der Waals surface area contributed by atoms with Gasteiger partial charge in [-0.05, 0) is 77.9 Å². The Labute approximate surface area is 219 Å². The summed E-state index contributed by atoms with van der Waals surface area (Å²) in [5, 5.41) is 12.2. The van der Waals surface area contributed by atoms with Gasteiger partial charge >= 0.3 is 0 Å². The van der Waals surface area contributed by atoms with Crippen molar-refractivity contribution in [3.05, 3.63) is 66.0 Å². The van der Waals surface area contributed by atoms with Crippen molar-refractivity contribution in [1.29, 1.82) is 0 Å². The van der Waals surface area contributed by atoms with Crippen LogP contribution in [-0.4, -0.2) is 70.4 Å². The molecule has 0 unspecified atom stereocenters. The molecule has 3 aromatic carbocycles. The monoisotopic (exact) mass is 513 g/mol. The van der Waals surface area contributed by atoms with Crippen LogP contribution in [0, 0.1) is 11.7 Å². The third kappa shape index (κ3) is 3.69. The van der Waals surface area contributed by atoms with Crippen LogP contribution in [0.15, 0.2) is 59.6 Å². The van der Waals surface area contributed by atoms with Crippen molar-refractivity contribution in [3.63, 3.8) is 0 Å². The van der Waals surface area contributed by atoms with Gasteiger partial charge in [-0.15, -0.1) is 0 Å². The maximum atomic E-state index is 15.6. The van der Waals surface area contributed by atoms with Crippen LogP contribution in [0.3, 0.4) is 0 Å². The Morgan fingerprint density at radius 2 is 1.74 bits per heavy atom. The first kappa shape index (κ1) is 23.3. The second-order valence-corrected chi connectivity index (χ2v) is 11.1. The van der Waals surface area contributed by atoms with Crippen LogP contribution in [0.5, 0.6) is 5.75 Å². The molecule has 7 nitrogen and oxygen atoms in total. The van der Waals surface area contributed by atoms with Crippen molar-refractivity contribution in [1.82, 2.24) is 9.80 Å². The third-order valence-corrected chi connectivity index (χ3v) is 8.34. The summed E-state index contributed by atoms with van der Waals surface area (Å²) in [6.07, 6.45) is 2.38. The van der Waals surface area contributed by atoms with Crippen LogP contribution < -0.4 is 4.74 Å². The van der Waals surface area contributed by atoms with Crippen molar-refractivity contribution < 1.29 is 23.8 Å². The highest BCUT2D eigenvalue weighted by Crippen LogP contribution is 2.47. The van der Waals surface area contributed by atoms with Crippen LogP contribution in [0.1, 0.15) is 31.2 Å². The number of aliphatic imine (C=N–C) groups is 1. The quantitative estimate of drug-likeness (QED) is 0.544. The number of halogens is 1. The molecule has 1 N–H and O–H groups in total. The number of nitrogens with zero attached hydrogens (tertiary/aromatic N) is 3. The van der Waals surface area contributed by atoms with Gasteiger partial charge in [-0.25, -0.2) is 4.39 Å². The summed E-state index contributed by atoms with van der Waals surface area (Å²) in [6, 6.07) is 16.9. The molecule has 2 saturated carbocycles. The van der Waals surface area contributed by atoms with Crippen LogP contribution in [0.25, 0.3) is 21.9 Å². The topological polar surface area (TPSA) is 82.4 Å². The van der Waals surface area contributed by atoms with Crippen molar-refractivity contribution in [2.45, 2.75) is 36.8 Å². The van der Waals surface area contributed by atoms with E-state index in [0.717, 1.165) is 27.6 Å². The number of fused-ring (bicyclic) bond motifs is 1. The maximum Gasteiger partial charge on any atom is 0.256 e. The summed E-state index contributed by atoms with van der Waals surface area (Å²) in [5.41, 5.74) is 0.00166. The van der Waals surface area contributed by atoms with E-state index >= 15 is 4.39 Å². The lowest BCUT2D eigenvalue weighted by Crippen LogP contribution is -2.57. The molecule has 2 amide bonds. The number of carbonyl (C=O) groups excluding carboxylic acids is 2. The Kier molecular flexibility index (Phi) is 4.98. The Bertz CT molecular complexity index is 1540. The van der Waals surface area contributed by atoms with Gasteiger partial charge in [0.25, 0.3) is 11.8 Å². The summed E-state index contributed by atoms with van der Waals surface area (Å²) >= 11 is 0. The van der Waals surface area contributed by atoms with Gasteiger partial charge in [-0.2, -0.15) is 0 Å². The Balaban J connectivity index is 1.13. The van der Waals surface area contributed by atoms with E-state index in [-0.39, 0.29) is 17.7 Å². The average Bonchev–Trinajstić information content (AvgIpc) is 3.82. The van der Waals surface area contributed by atoms with Crippen LogP contribution in [0.2, 0.25) is 0 Å². The molecule has 8 heteroatoms. The molecule has 0 atom stereocenters. The van der Waals surface area contributed by atoms with Crippen molar-refractivity contribution in [2.24, 2.45) is 10.9 Å². The fourth-order valence-electron chi connectivity index (χ4n) is 5.62. The van der Waals surface area contributed by atoms with Crippen LogP contribution in [0.4, 0.5) is 4.39 Å². The fraction of sp³-hybridized carbons (Fsp3) is 0.367. The number of amides is 2. The Morgan fingerprint density at radius 3 is 2.42 bits per heavy atom. The van der Waals surface area contributed by atoms with E-state index in [9.17, 15) is 14.7 Å². The second kappa shape index (κ2) is 8.11. The molecular weight excluding hydrogens is 485 g/mol. The zero-order valence-electron chi connectivity index (χ0n) is 21.1. The minimum Gasteiger partial charge on any atom is -0.497 e. The predicted octanol–water partition coefficient (Wildman–Crippen LogP) is 3.76. The SMILES string of the molecule is COc1ccc2ccc(-c3ccc(C4=NC5(CC5)C(=O)N4CC4CN(C(=O)C5(O)CC5)C4)c(F)c3)cc2c1. The summed E-state index contributed by atoms with van der Waals surface area (Å²) in [6.45, 7) is 1.36. The molecular formula is C30H28FN3O4. The lowest BCUT2D eigenvalue weighted by Gasteiger charge is -2.42. The molecule has 0 radical (unpaired) electrons. The second-order valence-electron chi connectivity index (χ2n) is 11.1. The highest BCUT2D eigenvalue weighted by molar-refractivity contribution is 6.16. The van der Waals surface area contributed by atoms with E-state index < -0.39 is 17.0 Å². The number of hydrogen-bond donors (Lipinski definition) is 1. The molecule has 4 aliphatic rings. The minimum absolute atomic E-state index is 0.0706. The fourth-order valence-corrected chi connectivity index (χ4v) is 5.62. The summed E-state index contributed by atoms with van der Waals surface area (Å²) in [5.74, 6) is 0.486. The molecule has 1 saturated heterocycles. The number of rotatable bonds is 6. The first-order chi connectivity index (χ1) is 18.3. The summed E-state index contributed by atoms with van der Waals surface area (Å²) < 4.78 is 21.0. The summed E-state index contributed by atoms with van der Waals surface area (Å²) in [4.78, 5) is 33.6. The van der Waals surface area contributed by atoms with Gasteiger partial charge in [0.15, 0.2) is 0 Å². The van der Waals surface area contributed by atoms with Gasteiger partial charge < -0.3 is 14.7 Å². The van der Waals surface area contributed by atoms with E-state index in [1.54, 1.807) is 23.0 Å². The van der Waals surface area contributed by atoms with Gasteiger partial charge in [0, 0.05) is 25.6 Å². The number of ether oxygens (including phenoxy) is 1. The molecule has 194 valence electrons. The number of likely N-dealkylation sites (tertiary alicyclic amines) is 1. The van der Waals surface area contributed by atoms with Crippen LogP contribution in [-0.2, 0) is 9.59 Å². The third-order valence-electron chi connectivity index (χ3n) is 8.34. The molecule has 1 spiro atoms. The first-order valence-electron chi connectivity index (χ1n) is 13.1. The van der Waals surface area contributed by atoms with Gasteiger partial charge in [-0.1, -0.05) is 24.3 Å². The molecule has 38 heavy (non-hydrogen) atoms. The predicted molar refractivity (Wildman–Crippen MR) is 140 cm³/mol. The molecule has 3 fully saturated rings. The average molecular weight is 514 g/mol. The van der Waals surface area contributed by atoms with Crippen molar-refractivity contribution in [3.8, 4) is 16.9 Å². The van der Waals surface area contributed by atoms with Gasteiger partial charge in [0.05, 0.1) is 12.7 Å². The Hall–Kier alpha value is -3.78. The van der Waals surface area contributed by atoms with E-state index in [1.165, 1.54) is 6.07 Å². The minimum atomic E-state index is -1.18. The van der Waals surface area contributed by atoms with E-state index in [1.807, 2.05) is 42.5 Å². The van der Waals surface area contributed by atoms with Gasteiger partial charge in [0.2, 0.25) is 0 Å². The molecule has 0 aromatic heterocycles. The van der Waals surface area contributed by atoms with Gasteiger partial charge in [-0.3, -0.25) is 19.5 Å². The van der Waals surface area contributed by atoms with E-state index in [4.69, 9.17) is 9.73 Å². The zero-order chi connectivity index (χ0) is 26.2. The molecule has 2 heterocycles. The molecule has 2 aliphatic carbocycles. The zero-order valence-corrected chi connectivity index (χ0v) is 21.1. The highest BCUT2D eigenvalue weighted by atomic mass is 19.1. The summed E-state index contributed by atoms with van der Waals surface area (Å²) in [7, 11) is 1.63. The lowest BCUT2D eigenvalue weighted by molar-refractivity contribution is -0.149. The molecule has 0 bridgehead atoms. The van der Waals surface area contributed by atoms with E-state index in [2.05, 4.69) is 0 Å². The van der Waals surface area contributed by atoms with Crippen molar-refractivity contribution >= 4 is 28.4 Å². The number of carbonyl (C=O) groups is 2. The number of hydrogen-bond acceptors (Lipinski definition) is 5. The largest absolute Gasteiger partial charge is 0.497 e. The smallest absolute Gasteiger partial charge is 0.256 e. The van der Waals surface area contributed by atoms with Crippen molar-refractivity contribution in [2.75, 3.05) is 26.7 Å². The van der Waals surface area contributed by atoms with Crippen LogP contribution >= 0.6 is 0 Å². The van der Waals surface area contributed by atoms with Gasteiger partial charge in [0.1, 0.15) is 28.5 Å². The molecule has 7 rings (SSSR count). The molecule has 3 aromatic rings. The van der Waals surface area contributed by atoms with E-state index in [0.29, 0.717) is 56.7 Å². The first-order valence-corrected chi connectivity index (χ1v) is 13.1. The number of benzene rings is 3. The standard InChI is InChI=1S/C30H28FN3O4/c1-38-23-6-4-19-2-3-20(12-22(19)13-23)21-5-7-24(25(31)14-21)26-32-29(8-9-29)27(35)34(26)17-18-15-33(16-18)28(36)30(37)10-11-30/h2-7,12-14,18,37H,8-11,15-17H2,1H3. The Morgan fingerprint density at radius 1 is 1.03 bits per heavy atom. The number of methoxy groups -OCH3 is 1. The number of aliphatic hydroxyl groups is 1. The maximum absolute atomic E-state index is 15.6. The normalized spacial score (nSPS) is 21.0. The lowest BCUT2D eigenvalue weighted by atomic mass is 9.97. The molecule has 2 aliphatic heterocycles. The highest BCUT2D eigenvalue weighted by Gasteiger charge is 2.58. The number of amidine groups is 1.